The zero-order valence-electron chi connectivity index (χ0n) is 11.2. The second kappa shape index (κ2) is 5.97. The van der Waals surface area contributed by atoms with Gasteiger partial charge in [0.25, 0.3) is 0 Å². The van der Waals surface area contributed by atoms with E-state index < -0.39 is 5.97 Å². The predicted octanol–water partition coefficient (Wildman–Crippen LogP) is 4.23. The van der Waals surface area contributed by atoms with Gasteiger partial charge in [-0.3, -0.25) is 0 Å². The van der Waals surface area contributed by atoms with Crippen molar-refractivity contribution >= 4 is 28.5 Å². The molecule has 0 saturated heterocycles. The zero-order valence-corrected chi connectivity index (χ0v) is 12.0. The van der Waals surface area contributed by atoms with Crippen LogP contribution in [0.3, 0.4) is 0 Å². The van der Waals surface area contributed by atoms with Crippen molar-refractivity contribution in [2.45, 2.75) is 10.6 Å². The summed E-state index contributed by atoms with van der Waals surface area (Å²) >= 11 is 1.62. The number of hydrogen-bond donors (Lipinski definition) is 1. The fourth-order valence-corrected chi connectivity index (χ4v) is 3.10. The van der Waals surface area contributed by atoms with Gasteiger partial charge in [-0.15, -0.1) is 11.8 Å². The first-order chi connectivity index (χ1) is 10.2. The number of pyridine rings is 1. The minimum atomic E-state index is -0.982. The maximum atomic E-state index is 11.1. The summed E-state index contributed by atoms with van der Waals surface area (Å²) in [5.74, 6) is -0.391. The minimum Gasteiger partial charge on any atom is -0.477 e. The van der Waals surface area contributed by atoms with Crippen molar-refractivity contribution in [2.24, 2.45) is 0 Å². The van der Waals surface area contributed by atoms with Gasteiger partial charge in [0.2, 0.25) is 0 Å². The maximum absolute atomic E-state index is 11.1. The molecule has 0 bridgehead atoms. The molecule has 4 heteroatoms. The molecule has 3 aromatic rings. The molecule has 0 aliphatic carbocycles. The average molecular weight is 295 g/mol. The molecule has 0 aliphatic heterocycles. The summed E-state index contributed by atoms with van der Waals surface area (Å²) in [5, 5.41) is 11.5. The number of fused-ring (bicyclic) bond motifs is 1. The Balaban J connectivity index is 1.82. The van der Waals surface area contributed by atoms with E-state index >= 15 is 0 Å². The van der Waals surface area contributed by atoms with Gasteiger partial charge >= 0.3 is 5.97 Å². The van der Waals surface area contributed by atoms with Gasteiger partial charge in [0, 0.05) is 16.8 Å². The Morgan fingerprint density at radius 2 is 1.86 bits per heavy atom. The van der Waals surface area contributed by atoms with E-state index in [1.54, 1.807) is 17.8 Å². The molecule has 1 N–H and O–H groups in total. The highest BCUT2D eigenvalue weighted by Gasteiger charge is 2.11. The van der Waals surface area contributed by atoms with Crippen molar-refractivity contribution in [1.82, 2.24) is 4.98 Å². The van der Waals surface area contributed by atoms with Crippen LogP contribution >= 0.6 is 11.8 Å². The molecule has 0 atom stereocenters. The van der Waals surface area contributed by atoms with Crippen LogP contribution in [0.4, 0.5) is 0 Å². The molecule has 21 heavy (non-hydrogen) atoms. The molecule has 2 aromatic carbocycles. The number of thioether (sulfide) groups is 1. The highest BCUT2D eigenvalue weighted by atomic mass is 32.2. The van der Waals surface area contributed by atoms with Crippen molar-refractivity contribution < 1.29 is 9.90 Å². The van der Waals surface area contributed by atoms with Crippen molar-refractivity contribution in [3.8, 4) is 0 Å². The quantitative estimate of drug-likeness (QED) is 0.732. The number of benzene rings is 2. The summed E-state index contributed by atoms with van der Waals surface area (Å²) in [6, 6.07) is 18.0. The molecule has 0 saturated carbocycles. The molecule has 0 amide bonds. The number of nitrogens with zero attached hydrogens (tertiary/aromatic N) is 1. The number of carboxylic acid groups (broad SMARTS) is 1. The summed E-state index contributed by atoms with van der Waals surface area (Å²) in [5.41, 5.74) is 0.869. The van der Waals surface area contributed by atoms with Gasteiger partial charge in [0.1, 0.15) is 0 Å². The normalized spacial score (nSPS) is 10.7. The SMILES string of the molecule is O=C(O)c1ncccc1CSc1ccc2ccccc2c1. The molecule has 1 aromatic heterocycles. The Bertz CT molecular complexity index is 801. The smallest absolute Gasteiger partial charge is 0.354 e. The van der Waals surface area contributed by atoms with E-state index in [2.05, 4.69) is 35.3 Å². The van der Waals surface area contributed by atoms with E-state index in [-0.39, 0.29) is 5.69 Å². The average Bonchev–Trinajstić information content (AvgIpc) is 2.53. The molecule has 1 heterocycles. The van der Waals surface area contributed by atoms with Crippen LogP contribution in [-0.2, 0) is 5.75 Å². The summed E-state index contributed by atoms with van der Waals surface area (Å²) in [7, 11) is 0. The molecule has 104 valence electrons. The Labute approximate surface area is 126 Å². The van der Waals surface area contributed by atoms with Gasteiger partial charge < -0.3 is 5.11 Å². The first-order valence-corrected chi connectivity index (χ1v) is 7.51. The summed E-state index contributed by atoms with van der Waals surface area (Å²) < 4.78 is 0. The number of hydrogen-bond acceptors (Lipinski definition) is 3. The molecule has 0 unspecified atom stereocenters. The van der Waals surface area contributed by atoms with Crippen molar-refractivity contribution in [3.63, 3.8) is 0 Å². The Morgan fingerprint density at radius 3 is 2.67 bits per heavy atom. The van der Waals surface area contributed by atoms with Gasteiger partial charge in [-0.05, 0) is 34.5 Å². The fourth-order valence-electron chi connectivity index (χ4n) is 2.17. The highest BCUT2D eigenvalue weighted by molar-refractivity contribution is 7.98. The van der Waals surface area contributed by atoms with E-state index in [4.69, 9.17) is 5.11 Å². The molecule has 3 nitrogen and oxygen atoms in total. The van der Waals surface area contributed by atoms with E-state index in [1.165, 1.54) is 17.0 Å². The van der Waals surface area contributed by atoms with Gasteiger partial charge in [-0.2, -0.15) is 0 Å². The maximum Gasteiger partial charge on any atom is 0.354 e. The Morgan fingerprint density at radius 1 is 1.05 bits per heavy atom. The van der Waals surface area contributed by atoms with Gasteiger partial charge in [-0.25, -0.2) is 9.78 Å². The predicted molar refractivity (Wildman–Crippen MR) is 84.7 cm³/mol. The minimum absolute atomic E-state index is 0.130. The Kier molecular flexibility index (Phi) is 3.88. The van der Waals surface area contributed by atoms with Crippen LogP contribution in [-0.4, -0.2) is 16.1 Å². The number of aromatic carboxylic acids is 1. The van der Waals surface area contributed by atoms with E-state index in [1.807, 2.05) is 18.2 Å². The first-order valence-electron chi connectivity index (χ1n) is 6.53. The Hall–Kier alpha value is -2.33. The second-order valence-electron chi connectivity index (χ2n) is 4.61. The molecular weight excluding hydrogens is 282 g/mol. The van der Waals surface area contributed by atoms with Gasteiger partial charge in [0.05, 0.1) is 0 Å². The topological polar surface area (TPSA) is 50.2 Å². The van der Waals surface area contributed by atoms with Crippen LogP contribution < -0.4 is 0 Å². The van der Waals surface area contributed by atoms with Crippen LogP contribution in [0, 0.1) is 0 Å². The summed E-state index contributed by atoms with van der Waals surface area (Å²) in [6.07, 6.45) is 1.51. The van der Waals surface area contributed by atoms with Crippen molar-refractivity contribution in [2.75, 3.05) is 0 Å². The van der Waals surface area contributed by atoms with Gasteiger partial charge in [-0.1, -0.05) is 36.4 Å². The number of carboxylic acids is 1. The molecule has 0 aliphatic rings. The molecular formula is C17H13NO2S. The molecule has 0 radical (unpaired) electrons. The monoisotopic (exact) mass is 295 g/mol. The lowest BCUT2D eigenvalue weighted by Gasteiger charge is -2.06. The van der Waals surface area contributed by atoms with Crippen LogP contribution in [0.2, 0.25) is 0 Å². The third-order valence-corrected chi connectivity index (χ3v) is 4.25. The third-order valence-electron chi connectivity index (χ3n) is 3.21. The first kappa shape index (κ1) is 13.6. The van der Waals surface area contributed by atoms with E-state index in [0.717, 1.165) is 10.5 Å². The third kappa shape index (κ3) is 3.06. The standard InChI is InChI=1S/C17H13NO2S/c19-17(20)16-14(6-3-9-18-16)11-21-15-8-7-12-4-1-2-5-13(12)10-15/h1-10H,11H2,(H,19,20). The lowest BCUT2D eigenvalue weighted by atomic mass is 10.1. The lowest BCUT2D eigenvalue weighted by Crippen LogP contribution is -2.04. The lowest BCUT2D eigenvalue weighted by molar-refractivity contribution is 0.0689. The van der Waals surface area contributed by atoms with E-state index in [0.29, 0.717) is 5.75 Å². The molecule has 0 spiro atoms. The number of rotatable bonds is 4. The van der Waals surface area contributed by atoms with Gasteiger partial charge in [0.15, 0.2) is 5.69 Å². The largest absolute Gasteiger partial charge is 0.477 e. The van der Waals surface area contributed by atoms with Crippen LogP contribution in [0.5, 0.6) is 0 Å². The van der Waals surface area contributed by atoms with E-state index in [9.17, 15) is 4.79 Å². The molecule has 0 fully saturated rings. The molecule has 3 rings (SSSR count). The number of aromatic nitrogens is 1. The van der Waals surface area contributed by atoms with Crippen molar-refractivity contribution in [1.29, 1.82) is 0 Å². The second-order valence-corrected chi connectivity index (χ2v) is 5.66. The van der Waals surface area contributed by atoms with Crippen LogP contribution in [0.25, 0.3) is 10.8 Å². The number of carbonyl (C=O) groups is 1. The fraction of sp³-hybridized carbons (Fsp3) is 0.0588. The van der Waals surface area contributed by atoms with Crippen LogP contribution in [0.15, 0.2) is 65.7 Å². The highest BCUT2D eigenvalue weighted by Crippen LogP contribution is 2.27. The zero-order chi connectivity index (χ0) is 14.7. The summed E-state index contributed by atoms with van der Waals surface area (Å²) in [6.45, 7) is 0. The van der Waals surface area contributed by atoms with Crippen molar-refractivity contribution in [3.05, 3.63) is 72.1 Å². The van der Waals surface area contributed by atoms with Crippen LogP contribution in [0.1, 0.15) is 16.1 Å². The summed E-state index contributed by atoms with van der Waals surface area (Å²) in [4.78, 5) is 16.2.